The third kappa shape index (κ3) is 7.17. The minimum Gasteiger partial charge on any atom is -0.486 e. The lowest BCUT2D eigenvalue weighted by molar-refractivity contribution is 0.0344. The van der Waals surface area contributed by atoms with Crippen molar-refractivity contribution < 1.29 is 23.1 Å². The van der Waals surface area contributed by atoms with Crippen molar-refractivity contribution in [1.82, 2.24) is 9.80 Å². The van der Waals surface area contributed by atoms with Gasteiger partial charge in [-0.25, -0.2) is 8.42 Å². The van der Waals surface area contributed by atoms with E-state index in [0.29, 0.717) is 19.6 Å². The predicted octanol–water partition coefficient (Wildman–Crippen LogP) is 4.08. The Morgan fingerprint density at radius 2 is 1.72 bits per heavy atom. The molecule has 1 aliphatic heterocycles. The third-order valence-corrected chi connectivity index (χ3v) is 7.58. The van der Waals surface area contributed by atoms with E-state index in [2.05, 4.69) is 46.0 Å². The topological polar surface area (TPSA) is 99.2 Å². The summed E-state index contributed by atoms with van der Waals surface area (Å²) in [6.45, 7) is 5.26. The zero-order valence-corrected chi connectivity index (χ0v) is 23.7. The molecular weight excluding hydrogens is 514 g/mol. The average Bonchev–Trinajstić information content (AvgIpc) is 2.90. The number of anilines is 1. The van der Waals surface area contributed by atoms with Crippen LogP contribution >= 0.6 is 0 Å². The lowest BCUT2D eigenvalue weighted by Gasteiger charge is -2.38. The highest BCUT2D eigenvalue weighted by molar-refractivity contribution is 7.92. The van der Waals surface area contributed by atoms with Crippen LogP contribution in [0, 0.1) is 5.92 Å². The fraction of sp³-hybridized carbons (Fsp3) is 0.367. The largest absolute Gasteiger partial charge is 0.486 e. The maximum absolute atomic E-state index is 13.5. The molecule has 0 saturated heterocycles. The van der Waals surface area contributed by atoms with Gasteiger partial charge in [-0.3, -0.25) is 14.4 Å². The summed E-state index contributed by atoms with van der Waals surface area (Å²) in [6.07, 6.45) is 0.718. The molecule has 3 aromatic rings. The number of likely N-dealkylation sites (N-methyl/N-ethyl adjacent to an activating group) is 1. The second-order valence-electron chi connectivity index (χ2n) is 10.4. The van der Waals surface area contributed by atoms with Gasteiger partial charge in [0.1, 0.15) is 6.10 Å². The molecule has 1 aliphatic rings. The fourth-order valence-corrected chi connectivity index (χ4v) is 5.42. The van der Waals surface area contributed by atoms with Gasteiger partial charge in [0, 0.05) is 25.6 Å². The average molecular weight is 552 g/mol. The molecule has 0 radical (unpaired) electrons. The Kier molecular flexibility index (Phi) is 8.94. The van der Waals surface area contributed by atoms with Crippen LogP contribution in [0.1, 0.15) is 29.8 Å². The number of hydrogen-bond acceptors (Lipinski definition) is 6. The molecular formula is C30H37N3O5S. The van der Waals surface area contributed by atoms with E-state index < -0.39 is 16.1 Å². The molecule has 9 heteroatoms. The van der Waals surface area contributed by atoms with E-state index in [1.165, 1.54) is 5.56 Å². The van der Waals surface area contributed by atoms with Gasteiger partial charge in [0.25, 0.3) is 5.91 Å². The van der Waals surface area contributed by atoms with E-state index in [9.17, 15) is 18.3 Å². The second kappa shape index (κ2) is 12.2. The summed E-state index contributed by atoms with van der Waals surface area (Å²) in [7, 11) is -1.59. The molecule has 0 saturated carbocycles. The number of para-hydroxylation sites is 1. The van der Waals surface area contributed by atoms with Crippen LogP contribution in [0.25, 0.3) is 11.1 Å². The minimum atomic E-state index is -3.61. The molecule has 0 unspecified atom stereocenters. The zero-order valence-electron chi connectivity index (χ0n) is 22.9. The molecule has 0 aliphatic carbocycles. The number of nitrogens with one attached hydrogen (secondary N) is 1. The number of amides is 1. The molecule has 0 bridgehead atoms. The third-order valence-electron chi connectivity index (χ3n) is 6.99. The van der Waals surface area contributed by atoms with E-state index in [4.69, 9.17) is 4.74 Å². The first kappa shape index (κ1) is 28.6. The van der Waals surface area contributed by atoms with Gasteiger partial charge in [0.15, 0.2) is 5.75 Å². The summed E-state index contributed by atoms with van der Waals surface area (Å²) in [6, 6.07) is 23.2. The summed E-state index contributed by atoms with van der Waals surface area (Å²) < 4.78 is 33.1. The zero-order chi connectivity index (χ0) is 28.2. The monoisotopic (exact) mass is 551 g/mol. The van der Waals surface area contributed by atoms with E-state index in [-0.39, 0.29) is 41.5 Å². The molecule has 3 aromatic carbocycles. The van der Waals surface area contributed by atoms with Crippen molar-refractivity contribution in [3.05, 3.63) is 83.9 Å². The van der Waals surface area contributed by atoms with Crippen LogP contribution < -0.4 is 9.46 Å². The standard InChI is InChI=1S/C30H37N3O5S/c1-21-17-33(22(2)20-34)30(35)26-11-8-12-27(31-39(4,36)37)29(26)38-28(21)19-32(3)18-23-13-15-25(16-14-23)24-9-6-5-7-10-24/h5-16,21-22,28,31,34H,17-20H2,1-4H3/t21-,22-,28+/m0/s1. The van der Waals surface area contributed by atoms with E-state index in [1.54, 1.807) is 30.0 Å². The van der Waals surface area contributed by atoms with Crippen molar-refractivity contribution in [3.8, 4) is 16.9 Å². The molecule has 1 heterocycles. The summed E-state index contributed by atoms with van der Waals surface area (Å²) in [5.74, 6) is -0.189. The smallest absolute Gasteiger partial charge is 0.258 e. The Hall–Kier alpha value is -3.40. The number of fused-ring (bicyclic) bond motifs is 1. The minimum absolute atomic E-state index is 0.0923. The highest BCUT2D eigenvalue weighted by Crippen LogP contribution is 2.35. The molecule has 0 fully saturated rings. The van der Waals surface area contributed by atoms with Gasteiger partial charge in [0.05, 0.1) is 30.2 Å². The van der Waals surface area contributed by atoms with Crippen molar-refractivity contribution in [1.29, 1.82) is 0 Å². The van der Waals surface area contributed by atoms with Crippen molar-refractivity contribution in [2.24, 2.45) is 5.92 Å². The molecule has 0 aromatic heterocycles. The van der Waals surface area contributed by atoms with Gasteiger partial charge in [-0.05, 0) is 42.8 Å². The summed E-state index contributed by atoms with van der Waals surface area (Å²) >= 11 is 0. The summed E-state index contributed by atoms with van der Waals surface area (Å²) in [4.78, 5) is 17.3. The van der Waals surface area contributed by atoms with Gasteiger partial charge in [-0.1, -0.05) is 67.6 Å². The first-order chi connectivity index (χ1) is 18.6. The Labute approximate surface area is 231 Å². The number of benzene rings is 3. The molecule has 2 N–H and O–H groups in total. The molecule has 208 valence electrons. The highest BCUT2D eigenvalue weighted by atomic mass is 32.2. The number of ether oxygens (including phenoxy) is 1. The number of nitrogens with zero attached hydrogens (tertiary/aromatic N) is 2. The lowest BCUT2D eigenvalue weighted by Crippen LogP contribution is -2.49. The number of aliphatic hydroxyl groups is 1. The van der Waals surface area contributed by atoms with Crippen molar-refractivity contribution in [3.63, 3.8) is 0 Å². The molecule has 39 heavy (non-hydrogen) atoms. The molecule has 1 amide bonds. The Bertz CT molecular complexity index is 1380. The van der Waals surface area contributed by atoms with Crippen molar-refractivity contribution in [2.75, 3.05) is 37.7 Å². The number of sulfonamides is 1. The predicted molar refractivity (Wildman–Crippen MR) is 154 cm³/mol. The number of rotatable bonds is 9. The quantitative estimate of drug-likeness (QED) is 0.416. The highest BCUT2D eigenvalue weighted by Gasteiger charge is 2.34. The van der Waals surface area contributed by atoms with Crippen LogP contribution in [0.15, 0.2) is 72.8 Å². The first-order valence-corrected chi connectivity index (χ1v) is 15.0. The fourth-order valence-electron chi connectivity index (χ4n) is 4.86. The SMILES string of the molecule is C[C@H]1CN([C@@H](C)CO)C(=O)c2cccc(NS(C)(=O)=O)c2O[C@@H]1CN(C)Cc1ccc(-c2ccccc2)cc1. The van der Waals surface area contributed by atoms with Crippen molar-refractivity contribution >= 4 is 21.6 Å². The van der Waals surface area contributed by atoms with Crippen LogP contribution in [0.5, 0.6) is 5.75 Å². The normalized spacial score (nSPS) is 18.6. The van der Waals surface area contributed by atoms with Gasteiger partial charge in [-0.15, -0.1) is 0 Å². The lowest BCUT2D eigenvalue weighted by atomic mass is 9.98. The summed E-state index contributed by atoms with van der Waals surface area (Å²) in [5.41, 5.74) is 3.96. The second-order valence-corrected chi connectivity index (χ2v) is 12.2. The van der Waals surface area contributed by atoms with Gasteiger partial charge >= 0.3 is 0 Å². The molecule has 4 rings (SSSR count). The van der Waals surface area contributed by atoms with Crippen LogP contribution in [0.2, 0.25) is 0 Å². The number of aliphatic hydroxyl groups excluding tert-OH is 1. The van der Waals surface area contributed by atoms with Gasteiger partial charge < -0.3 is 14.7 Å². The Morgan fingerprint density at radius 1 is 1.05 bits per heavy atom. The molecule has 0 spiro atoms. The summed E-state index contributed by atoms with van der Waals surface area (Å²) in [5, 5.41) is 9.85. The first-order valence-electron chi connectivity index (χ1n) is 13.1. The van der Waals surface area contributed by atoms with Crippen LogP contribution in [0.3, 0.4) is 0 Å². The van der Waals surface area contributed by atoms with Crippen molar-refractivity contribution in [2.45, 2.75) is 32.5 Å². The number of carbonyl (C=O) groups excluding carboxylic acids is 1. The molecule has 8 nitrogen and oxygen atoms in total. The number of hydrogen-bond donors (Lipinski definition) is 2. The van der Waals surface area contributed by atoms with Crippen LogP contribution in [0.4, 0.5) is 5.69 Å². The van der Waals surface area contributed by atoms with Crippen LogP contribution in [-0.2, 0) is 16.6 Å². The molecule has 3 atom stereocenters. The van der Waals surface area contributed by atoms with E-state index in [0.717, 1.165) is 17.4 Å². The Morgan fingerprint density at radius 3 is 2.36 bits per heavy atom. The Balaban J connectivity index is 1.58. The van der Waals surface area contributed by atoms with E-state index in [1.807, 2.05) is 32.2 Å². The van der Waals surface area contributed by atoms with Crippen LogP contribution in [-0.4, -0.2) is 74.4 Å². The van der Waals surface area contributed by atoms with Gasteiger partial charge in [0.2, 0.25) is 10.0 Å². The van der Waals surface area contributed by atoms with Gasteiger partial charge in [-0.2, -0.15) is 0 Å². The van der Waals surface area contributed by atoms with E-state index >= 15 is 0 Å². The number of carbonyl (C=O) groups is 1. The maximum Gasteiger partial charge on any atom is 0.258 e. The maximum atomic E-state index is 13.5.